The van der Waals surface area contributed by atoms with Crippen LogP contribution in [0.1, 0.15) is 18.5 Å². The molecule has 6 heteroatoms. The summed E-state index contributed by atoms with van der Waals surface area (Å²) in [6.45, 7) is 1.71. The predicted octanol–water partition coefficient (Wildman–Crippen LogP) is 3.09. The van der Waals surface area contributed by atoms with Crippen molar-refractivity contribution in [2.75, 3.05) is 0 Å². The van der Waals surface area contributed by atoms with E-state index in [1.807, 2.05) is 0 Å². The maximum absolute atomic E-state index is 12.2. The molecule has 0 aliphatic carbocycles. The molecule has 2 aromatic carbocycles. The van der Waals surface area contributed by atoms with Gasteiger partial charge in [-0.05, 0) is 36.8 Å². The molecule has 2 rings (SSSR count). The van der Waals surface area contributed by atoms with E-state index in [0.29, 0.717) is 10.6 Å². The Bertz CT molecular complexity index is 716. The summed E-state index contributed by atoms with van der Waals surface area (Å²) in [7, 11) is -3.72. The Hall–Kier alpha value is -1.56. The number of aromatic hydroxyl groups is 1. The van der Waals surface area contributed by atoms with Gasteiger partial charge in [0.15, 0.2) is 0 Å². The van der Waals surface area contributed by atoms with E-state index in [1.165, 1.54) is 24.3 Å². The van der Waals surface area contributed by atoms with Crippen molar-refractivity contribution in [1.82, 2.24) is 4.72 Å². The van der Waals surface area contributed by atoms with Crippen LogP contribution in [0.25, 0.3) is 0 Å². The molecule has 2 aromatic rings. The highest BCUT2D eigenvalue weighted by atomic mass is 35.5. The van der Waals surface area contributed by atoms with Crippen LogP contribution < -0.4 is 4.72 Å². The highest BCUT2D eigenvalue weighted by Crippen LogP contribution is 2.24. The van der Waals surface area contributed by atoms with Crippen LogP contribution in [-0.4, -0.2) is 13.5 Å². The summed E-state index contributed by atoms with van der Waals surface area (Å²) in [4.78, 5) is 0.0106. The van der Waals surface area contributed by atoms with E-state index in [9.17, 15) is 13.5 Å². The third kappa shape index (κ3) is 3.30. The first-order chi connectivity index (χ1) is 9.40. The topological polar surface area (TPSA) is 66.4 Å². The number of halogens is 1. The Balaban J connectivity index is 2.27. The molecular weight excluding hydrogens is 298 g/mol. The van der Waals surface area contributed by atoms with Crippen molar-refractivity contribution >= 4 is 21.6 Å². The van der Waals surface area contributed by atoms with E-state index in [4.69, 9.17) is 11.6 Å². The van der Waals surface area contributed by atoms with Gasteiger partial charge in [0.05, 0.1) is 4.90 Å². The normalized spacial score (nSPS) is 13.1. The highest BCUT2D eigenvalue weighted by molar-refractivity contribution is 7.89. The van der Waals surface area contributed by atoms with Gasteiger partial charge in [0, 0.05) is 11.1 Å². The Labute approximate surface area is 123 Å². The first-order valence-electron chi connectivity index (χ1n) is 5.96. The van der Waals surface area contributed by atoms with Crippen LogP contribution in [0.4, 0.5) is 0 Å². The maximum Gasteiger partial charge on any atom is 0.241 e. The zero-order chi connectivity index (χ0) is 14.8. The second kappa shape index (κ2) is 5.83. The van der Waals surface area contributed by atoms with E-state index in [-0.39, 0.29) is 10.6 Å². The fraction of sp³-hybridized carbons (Fsp3) is 0.143. The molecule has 0 radical (unpaired) electrons. The van der Waals surface area contributed by atoms with E-state index in [2.05, 4.69) is 4.72 Å². The Morgan fingerprint density at radius 1 is 1.15 bits per heavy atom. The number of sulfonamides is 1. The fourth-order valence-electron chi connectivity index (χ4n) is 1.84. The maximum atomic E-state index is 12.2. The molecule has 20 heavy (non-hydrogen) atoms. The first kappa shape index (κ1) is 14.8. The number of nitrogens with one attached hydrogen (secondary N) is 1. The lowest BCUT2D eigenvalue weighted by molar-refractivity contribution is 0.473. The summed E-state index contributed by atoms with van der Waals surface area (Å²) in [5, 5.41) is 9.86. The van der Waals surface area contributed by atoms with E-state index in [1.54, 1.807) is 31.2 Å². The van der Waals surface area contributed by atoms with Gasteiger partial charge in [-0.1, -0.05) is 35.9 Å². The molecule has 0 heterocycles. The fourth-order valence-corrected chi connectivity index (χ4v) is 3.40. The van der Waals surface area contributed by atoms with Crippen LogP contribution in [0.3, 0.4) is 0 Å². The highest BCUT2D eigenvalue weighted by Gasteiger charge is 2.19. The molecule has 1 unspecified atom stereocenters. The average molecular weight is 312 g/mol. The number of benzene rings is 2. The number of hydrogen-bond acceptors (Lipinski definition) is 3. The average Bonchev–Trinajstić information content (AvgIpc) is 2.38. The summed E-state index contributed by atoms with van der Waals surface area (Å²) < 4.78 is 27.0. The number of phenolic OH excluding ortho intramolecular Hbond substituents is 1. The first-order valence-corrected chi connectivity index (χ1v) is 7.82. The zero-order valence-corrected chi connectivity index (χ0v) is 12.3. The summed E-state index contributed by atoms with van der Waals surface area (Å²) in [6.07, 6.45) is 0. The molecule has 1 atom stereocenters. The van der Waals surface area contributed by atoms with Gasteiger partial charge in [-0.3, -0.25) is 0 Å². The largest absolute Gasteiger partial charge is 0.508 e. The molecular formula is C14H14ClNO3S. The minimum absolute atomic E-state index is 0.0106. The molecule has 0 bridgehead atoms. The predicted molar refractivity (Wildman–Crippen MR) is 78.3 cm³/mol. The second-order valence-corrected chi connectivity index (χ2v) is 6.48. The molecule has 2 N–H and O–H groups in total. The van der Waals surface area contributed by atoms with E-state index in [0.717, 1.165) is 0 Å². The van der Waals surface area contributed by atoms with Gasteiger partial charge >= 0.3 is 0 Å². The molecule has 0 saturated heterocycles. The van der Waals surface area contributed by atoms with E-state index < -0.39 is 16.1 Å². The minimum atomic E-state index is -3.72. The van der Waals surface area contributed by atoms with Gasteiger partial charge in [0.2, 0.25) is 10.0 Å². The van der Waals surface area contributed by atoms with Crippen molar-refractivity contribution in [3.63, 3.8) is 0 Å². The molecule has 0 aliphatic rings. The Morgan fingerprint density at radius 2 is 1.85 bits per heavy atom. The van der Waals surface area contributed by atoms with Crippen molar-refractivity contribution < 1.29 is 13.5 Å². The molecule has 0 spiro atoms. The summed E-state index contributed by atoms with van der Waals surface area (Å²) in [5.74, 6) is -0.0988. The molecule has 0 saturated carbocycles. The second-order valence-electron chi connectivity index (χ2n) is 4.36. The zero-order valence-electron chi connectivity index (χ0n) is 10.7. The number of rotatable bonds is 4. The van der Waals surface area contributed by atoms with Crippen molar-refractivity contribution in [1.29, 1.82) is 0 Å². The molecule has 0 fully saturated rings. The summed E-state index contributed by atoms with van der Waals surface area (Å²) >= 11 is 6.04. The van der Waals surface area contributed by atoms with Gasteiger partial charge in [0.25, 0.3) is 0 Å². The Morgan fingerprint density at radius 3 is 2.50 bits per heavy atom. The van der Waals surface area contributed by atoms with Crippen LogP contribution in [0.2, 0.25) is 5.02 Å². The number of hydrogen-bond donors (Lipinski definition) is 2. The number of phenols is 1. The summed E-state index contributed by atoms with van der Waals surface area (Å²) in [6, 6.07) is 12.1. The van der Waals surface area contributed by atoms with Crippen LogP contribution in [0.5, 0.6) is 5.75 Å². The van der Waals surface area contributed by atoms with Gasteiger partial charge in [-0.2, -0.15) is 0 Å². The van der Waals surface area contributed by atoms with Crippen LogP contribution >= 0.6 is 11.6 Å². The van der Waals surface area contributed by atoms with Crippen molar-refractivity contribution in [2.24, 2.45) is 0 Å². The molecule has 0 aliphatic heterocycles. The van der Waals surface area contributed by atoms with Crippen molar-refractivity contribution in [3.8, 4) is 5.75 Å². The smallest absolute Gasteiger partial charge is 0.241 e. The third-order valence-electron chi connectivity index (χ3n) is 2.83. The van der Waals surface area contributed by atoms with Gasteiger partial charge in [-0.25, -0.2) is 13.1 Å². The van der Waals surface area contributed by atoms with E-state index >= 15 is 0 Å². The Kier molecular flexibility index (Phi) is 4.32. The van der Waals surface area contributed by atoms with Gasteiger partial charge in [0.1, 0.15) is 5.75 Å². The van der Waals surface area contributed by atoms with Crippen molar-refractivity contribution in [2.45, 2.75) is 17.9 Å². The minimum Gasteiger partial charge on any atom is -0.508 e. The molecule has 106 valence electrons. The lowest BCUT2D eigenvalue weighted by atomic mass is 10.1. The summed E-state index contributed by atoms with van der Waals surface area (Å²) in [5.41, 5.74) is 0.692. The van der Waals surface area contributed by atoms with Gasteiger partial charge < -0.3 is 5.11 Å². The lowest BCUT2D eigenvalue weighted by Gasteiger charge is -2.16. The molecule has 0 amide bonds. The lowest BCUT2D eigenvalue weighted by Crippen LogP contribution is -2.27. The standard InChI is InChI=1S/C14H14ClNO3S/c1-10(13-7-2-3-8-14(13)15)16-20(18,19)12-6-4-5-11(17)9-12/h2-10,16-17H,1H3. The third-order valence-corrected chi connectivity index (χ3v) is 4.71. The monoisotopic (exact) mass is 311 g/mol. The molecule has 0 aromatic heterocycles. The quantitative estimate of drug-likeness (QED) is 0.912. The van der Waals surface area contributed by atoms with Crippen LogP contribution in [0.15, 0.2) is 53.4 Å². The van der Waals surface area contributed by atoms with Crippen LogP contribution in [0, 0.1) is 0 Å². The SMILES string of the molecule is CC(NS(=O)(=O)c1cccc(O)c1)c1ccccc1Cl. The van der Waals surface area contributed by atoms with Crippen LogP contribution in [-0.2, 0) is 10.0 Å². The van der Waals surface area contributed by atoms with Gasteiger partial charge in [-0.15, -0.1) is 0 Å². The molecule has 4 nitrogen and oxygen atoms in total. The van der Waals surface area contributed by atoms with Crippen molar-refractivity contribution in [3.05, 3.63) is 59.1 Å².